The number of hydrogen-bond donors (Lipinski definition) is 2. The molecule has 1 fully saturated rings. The molecule has 0 spiro atoms. The van der Waals surface area contributed by atoms with Crippen molar-refractivity contribution in [1.29, 1.82) is 0 Å². The van der Waals surface area contributed by atoms with Crippen LogP contribution in [0.3, 0.4) is 0 Å². The van der Waals surface area contributed by atoms with E-state index in [9.17, 15) is 27.5 Å². The Bertz CT molecular complexity index is 1800. The smallest absolute Gasteiger partial charge is 0.335 e. The van der Waals surface area contributed by atoms with Gasteiger partial charge in [0.05, 0.1) is 56.0 Å². The van der Waals surface area contributed by atoms with Gasteiger partial charge in [-0.1, -0.05) is 18.2 Å². The fraction of sp³-hybridized carbons (Fsp3) is 0.333. The molecule has 1 aliphatic rings. The molecule has 1 amide bonds. The number of sulfonamides is 1. The van der Waals surface area contributed by atoms with E-state index < -0.39 is 21.8 Å². The number of benzene rings is 3. The van der Waals surface area contributed by atoms with E-state index in [0.29, 0.717) is 46.4 Å². The SMILES string of the molecule is CNC(=O)c1c(-c2ccc(F)cc2)oc2cc(N(CCOCCOCCc3ccccc3C(=O)O)S(C)(=O)=O)c(C3CC3)cc12. The van der Waals surface area contributed by atoms with Gasteiger partial charge in [-0.25, -0.2) is 17.6 Å². The number of anilines is 1. The molecule has 1 heterocycles. The number of hydrogen-bond acceptors (Lipinski definition) is 7. The van der Waals surface area contributed by atoms with Gasteiger partial charge in [-0.15, -0.1) is 0 Å². The van der Waals surface area contributed by atoms with Crippen LogP contribution in [-0.4, -0.2) is 71.7 Å². The van der Waals surface area contributed by atoms with Crippen molar-refractivity contribution < 1.29 is 41.4 Å². The zero-order valence-electron chi connectivity index (χ0n) is 25.0. The summed E-state index contributed by atoms with van der Waals surface area (Å²) in [6.45, 7) is 0.942. The molecule has 1 saturated carbocycles. The average molecular weight is 639 g/mol. The zero-order valence-corrected chi connectivity index (χ0v) is 25.9. The lowest BCUT2D eigenvalue weighted by atomic mass is 10.0. The molecule has 0 radical (unpaired) electrons. The number of carbonyl (C=O) groups excluding carboxylic acids is 1. The lowest BCUT2D eigenvalue weighted by Gasteiger charge is -2.25. The molecule has 5 rings (SSSR count). The third-order valence-electron chi connectivity index (χ3n) is 7.66. The first-order valence-electron chi connectivity index (χ1n) is 14.6. The second kappa shape index (κ2) is 13.8. The minimum Gasteiger partial charge on any atom is -0.478 e. The van der Waals surface area contributed by atoms with Crippen molar-refractivity contribution in [2.45, 2.75) is 25.2 Å². The summed E-state index contributed by atoms with van der Waals surface area (Å²) in [7, 11) is -2.21. The monoisotopic (exact) mass is 638 g/mol. The van der Waals surface area contributed by atoms with Crippen molar-refractivity contribution in [3.8, 4) is 11.3 Å². The maximum absolute atomic E-state index is 13.6. The van der Waals surface area contributed by atoms with Crippen molar-refractivity contribution >= 4 is 38.6 Å². The zero-order chi connectivity index (χ0) is 32.1. The van der Waals surface area contributed by atoms with Crippen LogP contribution in [0.2, 0.25) is 0 Å². The van der Waals surface area contributed by atoms with Crippen LogP contribution in [0.15, 0.2) is 65.1 Å². The Hall–Kier alpha value is -4.26. The minimum absolute atomic E-state index is 0.0455. The topological polar surface area (TPSA) is 135 Å². The minimum atomic E-state index is -3.73. The fourth-order valence-corrected chi connectivity index (χ4v) is 6.23. The molecule has 0 aliphatic heterocycles. The predicted molar refractivity (Wildman–Crippen MR) is 168 cm³/mol. The number of carbonyl (C=O) groups is 2. The Morgan fingerprint density at radius 2 is 1.71 bits per heavy atom. The maximum Gasteiger partial charge on any atom is 0.335 e. The van der Waals surface area contributed by atoms with Crippen LogP contribution in [0.1, 0.15) is 50.6 Å². The number of halogens is 1. The van der Waals surface area contributed by atoms with Crippen molar-refractivity contribution in [1.82, 2.24) is 5.32 Å². The van der Waals surface area contributed by atoms with Crippen LogP contribution < -0.4 is 9.62 Å². The molecule has 0 unspecified atom stereocenters. The molecule has 4 aromatic rings. The first-order valence-corrected chi connectivity index (χ1v) is 16.5. The van der Waals surface area contributed by atoms with Gasteiger partial charge in [0, 0.05) is 24.1 Å². The molecule has 0 saturated heterocycles. The molecule has 1 aromatic heterocycles. The van der Waals surface area contributed by atoms with E-state index in [4.69, 9.17) is 13.9 Å². The van der Waals surface area contributed by atoms with Crippen LogP contribution in [-0.2, 0) is 25.9 Å². The molecule has 238 valence electrons. The number of ether oxygens (including phenoxy) is 2. The van der Waals surface area contributed by atoms with Crippen LogP contribution >= 0.6 is 0 Å². The van der Waals surface area contributed by atoms with Crippen molar-refractivity contribution in [2.75, 3.05) is 50.6 Å². The number of nitrogens with one attached hydrogen (secondary N) is 1. The predicted octanol–water partition coefficient (Wildman–Crippen LogP) is 5.22. The Morgan fingerprint density at radius 1 is 1.02 bits per heavy atom. The number of nitrogens with zero attached hydrogens (tertiary/aromatic N) is 1. The van der Waals surface area contributed by atoms with Crippen LogP contribution in [0, 0.1) is 5.82 Å². The Balaban J connectivity index is 1.30. The van der Waals surface area contributed by atoms with E-state index in [0.717, 1.165) is 24.7 Å². The molecule has 45 heavy (non-hydrogen) atoms. The number of rotatable bonds is 15. The van der Waals surface area contributed by atoms with Crippen LogP contribution in [0.25, 0.3) is 22.3 Å². The number of carboxylic acid groups (broad SMARTS) is 1. The molecular weight excluding hydrogens is 603 g/mol. The van der Waals surface area contributed by atoms with E-state index in [1.54, 1.807) is 30.3 Å². The highest BCUT2D eigenvalue weighted by Crippen LogP contribution is 2.48. The number of carboxylic acids is 1. The van der Waals surface area contributed by atoms with Crippen LogP contribution in [0.4, 0.5) is 10.1 Å². The van der Waals surface area contributed by atoms with Gasteiger partial charge in [0.15, 0.2) is 0 Å². The number of amides is 1. The van der Waals surface area contributed by atoms with Gasteiger partial charge in [0.1, 0.15) is 17.2 Å². The highest BCUT2D eigenvalue weighted by atomic mass is 32.2. The van der Waals surface area contributed by atoms with Crippen LogP contribution in [0.5, 0.6) is 0 Å². The van der Waals surface area contributed by atoms with Crippen molar-refractivity contribution in [3.05, 3.63) is 88.7 Å². The molecule has 10 nitrogen and oxygen atoms in total. The second-order valence-corrected chi connectivity index (χ2v) is 12.8. The molecule has 0 atom stereocenters. The van der Waals surface area contributed by atoms with Crippen molar-refractivity contribution in [3.63, 3.8) is 0 Å². The van der Waals surface area contributed by atoms with Gasteiger partial charge in [-0.2, -0.15) is 0 Å². The first-order chi connectivity index (χ1) is 21.6. The van der Waals surface area contributed by atoms with E-state index in [-0.39, 0.29) is 49.5 Å². The summed E-state index contributed by atoms with van der Waals surface area (Å²) in [4.78, 5) is 24.4. The second-order valence-electron chi connectivity index (χ2n) is 10.8. The molecule has 2 N–H and O–H groups in total. The summed E-state index contributed by atoms with van der Waals surface area (Å²) in [5.41, 5.74) is 3.34. The number of aromatic carboxylic acids is 1. The molecule has 1 aliphatic carbocycles. The van der Waals surface area contributed by atoms with Gasteiger partial charge < -0.3 is 24.3 Å². The average Bonchev–Trinajstić information content (AvgIpc) is 3.79. The highest BCUT2D eigenvalue weighted by molar-refractivity contribution is 7.92. The van der Waals surface area contributed by atoms with E-state index in [2.05, 4.69) is 5.32 Å². The van der Waals surface area contributed by atoms with E-state index in [1.165, 1.54) is 35.6 Å². The number of fused-ring (bicyclic) bond motifs is 1. The van der Waals surface area contributed by atoms with E-state index in [1.807, 2.05) is 6.07 Å². The lowest BCUT2D eigenvalue weighted by Crippen LogP contribution is -2.34. The maximum atomic E-state index is 13.6. The first kappa shape index (κ1) is 32.1. The molecule has 0 bridgehead atoms. The third kappa shape index (κ3) is 7.52. The summed E-state index contributed by atoms with van der Waals surface area (Å²) >= 11 is 0. The third-order valence-corrected chi connectivity index (χ3v) is 8.84. The molecule has 12 heteroatoms. The summed E-state index contributed by atoms with van der Waals surface area (Å²) < 4.78 is 58.5. The fourth-order valence-electron chi connectivity index (χ4n) is 5.30. The standard InChI is InChI=1S/C33H35FN2O8S/c1-35-32(37)30-27-19-26(22-7-8-22)28(20-29(27)44-31(30)23-9-11-24(34)12-10-23)36(45(2,40)41)14-16-43-18-17-42-15-13-21-5-3-4-6-25(21)33(38)39/h3-6,9-12,19-20,22H,7-8,13-18H2,1-2H3,(H,35,37)(H,38,39). The summed E-state index contributed by atoms with van der Waals surface area (Å²) in [5.74, 6) is -1.38. The van der Waals surface area contributed by atoms with Gasteiger partial charge in [0.2, 0.25) is 10.0 Å². The normalized spacial score (nSPS) is 13.2. The summed E-state index contributed by atoms with van der Waals surface area (Å²) in [6.07, 6.45) is 3.35. The van der Waals surface area contributed by atoms with Gasteiger partial charge >= 0.3 is 5.97 Å². The number of furan rings is 1. The lowest BCUT2D eigenvalue weighted by molar-refractivity contribution is 0.0519. The summed E-state index contributed by atoms with van der Waals surface area (Å²) in [5, 5.41) is 12.5. The molecule has 3 aromatic carbocycles. The van der Waals surface area contributed by atoms with Gasteiger partial charge in [-0.05, 0) is 72.7 Å². The largest absolute Gasteiger partial charge is 0.478 e. The Labute approximate surface area is 260 Å². The van der Waals surface area contributed by atoms with Gasteiger partial charge in [0.25, 0.3) is 5.91 Å². The van der Waals surface area contributed by atoms with Crippen molar-refractivity contribution in [2.24, 2.45) is 0 Å². The van der Waals surface area contributed by atoms with E-state index >= 15 is 0 Å². The quantitative estimate of drug-likeness (QED) is 0.169. The Morgan fingerprint density at radius 3 is 2.36 bits per heavy atom. The highest BCUT2D eigenvalue weighted by Gasteiger charge is 2.33. The van der Waals surface area contributed by atoms with Gasteiger partial charge in [-0.3, -0.25) is 9.10 Å². The molecular formula is C33H35FN2O8S. The summed E-state index contributed by atoms with van der Waals surface area (Å²) in [6, 6.07) is 15.9. The Kier molecular flexibility index (Phi) is 9.86.